The molecule has 2 aromatic heterocycles. The van der Waals surface area contributed by atoms with Gasteiger partial charge in [0.25, 0.3) is 0 Å². The minimum absolute atomic E-state index is 0.611. The van der Waals surface area contributed by atoms with Crippen molar-refractivity contribution in [1.82, 2.24) is 4.98 Å². The topological polar surface area (TPSA) is 29.3 Å². The minimum atomic E-state index is 0.611. The van der Waals surface area contributed by atoms with Gasteiger partial charge in [-0.15, -0.1) is 0 Å². The monoisotopic (exact) mass is 664 g/mol. The molecule has 0 bridgehead atoms. The Bertz CT molecular complexity index is 2910. The molecule has 0 saturated carbocycles. The number of rotatable bonds is 6. The normalized spacial score (nSPS) is 11.5. The zero-order valence-corrected chi connectivity index (χ0v) is 28.3. The first kappa shape index (κ1) is 29.9. The lowest BCUT2D eigenvalue weighted by atomic mass is 9.92. The number of furan rings is 1. The Hall–Kier alpha value is -6.97. The van der Waals surface area contributed by atoms with Crippen LogP contribution in [0.15, 0.2) is 199 Å². The molecule has 0 aliphatic rings. The van der Waals surface area contributed by atoms with Gasteiger partial charge in [0.2, 0.25) is 5.71 Å². The molecular weight excluding hydrogens is 633 g/mol. The lowest BCUT2D eigenvalue weighted by Crippen LogP contribution is -2.12. The Morgan fingerprint density at radius 2 is 1.04 bits per heavy atom. The first-order valence-corrected chi connectivity index (χ1v) is 17.6. The van der Waals surface area contributed by atoms with Gasteiger partial charge in [-0.1, -0.05) is 146 Å². The summed E-state index contributed by atoms with van der Waals surface area (Å²) in [6.45, 7) is 0. The Balaban J connectivity index is 1.30. The van der Waals surface area contributed by atoms with Crippen LogP contribution < -0.4 is 4.90 Å². The lowest BCUT2D eigenvalue weighted by molar-refractivity contribution is 0.654. The lowest BCUT2D eigenvalue weighted by Gasteiger charge is -2.29. The molecule has 0 radical (unpaired) electrons. The highest BCUT2D eigenvalue weighted by atomic mass is 16.3. The highest BCUT2D eigenvalue weighted by Gasteiger charge is 2.24. The van der Waals surface area contributed by atoms with Gasteiger partial charge in [-0.3, -0.25) is 0 Å². The van der Waals surface area contributed by atoms with Gasteiger partial charge < -0.3 is 9.32 Å². The third-order valence-corrected chi connectivity index (χ3v) is 10.1. The van der Waals surface area contributed by atoms with Crippen LogP contribution in [-0.2, 0) is 0 Å². The van der Waals surface area contributed by atoms with Crippen LogP contribution in [0.1, 0.15) is 0 Å². The van der Waals surface area contributed by atoms with Crippen molar-refractivity contribution in [3.8, 4) is 33.4 Å². The smallest absolute Gasteiger partial charge is 0.229 e. The zero-order valence-electron chi connectivity index (χ0n) is 28.3. The minimum Gasteiger partial charge on any atom is -0.438 e. The molecule has 0 N–H and O–H groups in total. The number of pyridine rings is 1. The molecule has 0 aliphatic carbocycles. The van der Waals surface area contributed by atoms with Gasteiger partial charge in [-0.25, -0.2) is 4.98 Å². The van der Waals surface area contributed by atoms with E-state index in [0.29, 0.717) is 5.71 Å². The molecule has 0 atom stereocenters. The molecule has 3 nitrogen and oxygen atoms in total. The maximum Gasteiger partial charge on any atom is 0.229 e. The van der Waals surface area contributed by atoms with Crippen LogP contribution in [0.4, 0.5) is 17.1 Å². The van der Waals surface area contributed by atoms with Crippen molar-refractivity contribution < 1.29 is 4.42 Å². The largest absolute Gasteiger partial charge is 0.438 e. The molecule has 3 heteroatoms. The molecule has 0 unspecified atom stereocenters. The molecular formula is C49H32N2O. The fourth-order valence-electron chi connectivity index (χ4n) is 7.63. The fourth-order valence-corrected chi connectivity index (χ4v) is 7.63. The molecule has 10 aromatic rings. The van der Waals surface area contributed by atoms with E-state index in [1.54, 1.807) is 0 Å². The molecule has 0 amide bonds. The second-order valence-corrected chi connectivity index (χ2v) is 13.2. The zero-order chi connectivity index (χ0) is 34.4. The summed E-state index contributed by atoms with van der Waals surface area (Å²) >= 11 is 0. The first-order chi connectivity index (χ1) is 25.8. The third kappa shape index (κ3) is 5.10. The van der Waals surface area contributed by atoms with Crippen molar-refractivity contribution >= 4 is 60.7 Å². The second kappa shape index (κ2) is 12.4. The summed E-state index contributed by atoms with van der Waals surface area (Å²) in [6, 6.07) is 67.1. The summed E-state index contributed by atoms with van der Waals surface area (Å²) in [5.41, 5.74) is 11.5. The summed E-state index contributed by atoms with van der Waals surface area (Å²) in [7, 11) is 0. The molecule has 0 spiro atoms. The van der Waals surface area contributed by atoms with Gasteiger partial charge in [0.05, 0.1) is 16.8 Å². The van der Waals surface area contributed by atoms with Crippen LogP contribution >= 0.6 is 0 Å². The average Bonchev–Trinajstić information content (AvgIpc) is 3.59. The molecule has 2 heterocycles. The number of hydrogen-bond acceptors (Lipinski definition) is 3. The first-order valence-electron chi connectivity index (χ1n) is 17.6. The van der Waals surface area contributed by atoms with Crippen molar-refractivity contribution in [3.05, 3.63) is 194 Å². The van der Waals surface area contributed by atoms with E-state index in [1.807, 2.05) is 6.20 Å². The highest BCUT2D eigenvalue weighted by Crippen LogP contribution is 2.48. The summed E-state index contributed by atoms with van der Waals surface area (Å²) in [6.07, 6.45) is 1.86. The van der Waals surface area contributed by atoms with E-state index < -0.39 is 0 Å². The van der Waals surface area contributed by atoms with Crippen LogP contribution in [0.3, 0.4) is 0 Å². The summed E-state index contributed by atoms with van der Waals surface area (Å²) in [5.74, 6) is 0. The molecule has 0 fully saturated rings. The Morgan fingerprint density at radius 3 is 1.83 bits per heavy atom. The average molecular weight is 665 g/mol. The van der Waals surface area contributed by atoms with E-state index in [0.717, 1.165) is 66.4 Å². The number of hydrogen-bond donors (Lipinski definition) is 0. The maximum absolute atomic E-state index is 6.53. The number of aromatic nitrogens is 1. The van der Waals surface area contributed by atoms with Crippen molar-refractivity contribution in [3.63, 3.8) is 0 Å². The Morgan fingerprint density at radius 1 is 0.404 bits per heavy atom. The Labute approximate surface area is 301 Å². The van der Waals surface area contributed by atoms with Crippen molar-refractivity contribution in [2.75, 3.05) is 4.90 Å². The SMILES string of the molecule is c1ccc(-c2cccc(N(c3ccc(-c4ccccc4)cc3-c3cccc4ccccc34)c3ccnc4oc5cc6ccccc6cc5c34)c2)cc1. The summed E-state index contributed by atoms with van der Waals surface area (Å²) < 4.78 is 6.53. The van der Waals surface area contributed by atoms with Crippen molar-refractivity contribution in [2.45, 2.75) is 0 Å². The van der Waals surface area contributed by atoms with Gasteiger partial charge in [-0.2, -0.15) is 0 Å². The molecule has 244 valence electrons. The summed E-state index contributed by atoms with van der Waals surface area (Å²) in [4.78, 5) is 7.18. The van der Waals surface area contributed by atoms with Gasteiger partial charge in [0, 0.05) is 22.8 Å². The molecule has 52 heavy (non-hydrogen) atoms. The van der Waals surface area contributed by atoms with Gasteiger partial charge in [-0.05, 0) is 91.8 Å². The quantitative estimate of drug-likeness (QED) is 0.177. The van der Waals surface area contributed by atoms with Crippen LogP contribution in [0.5, 0.6) is 0 Å². The third-order valence-electron chi connectivity index (χ3n) is 10.1. The number of benzene rings is 8. The van der Waals surface area contributed by atoms with Crippen molar-refractivity contribution in [2.24, 2.45) is 0 Å². The van der Waals surface area contributed by atoms with E-state index in [9.17, 15) is 0 Å². The maximum atomic E-state index is 6.53. The number of nitrogens with zero attached hydrogens (tertiary/aromatic N) is 2. The van der Waals surface area contributed by atoms with Gasteiger partial charge in [0.1, 0.15) is 5.58 Å². The van der Waals surface area contributed by atoms with Gasteiger partial charge in [0.15, 0.2) is 0 Å². The predicted molar refractivity (Wildman–Crippen MR) is 218 cm³/mol. The van der Waals surface area contributed by atoms with Crippen LogP contribution in [-0.4, -0.2) is 4.98 Å². The van der Waals surface area contributed by atoms with Crippen LogP contribution in [0, 0.1) is 0 Å². The molecule has 0 aliphatic heterocycles. The summed E-state index contributed by atoms with van der Waals surface area (Å²) in [5, 5.41) is 6.71. The highest BCUT2D eigenvalue weighted by molar-refractivity contribution is 6.16. The second-order valence-electron chi connectivity index (χ2n) is 13.2. The number of anilines is 3. The van der Waals surface area contributed by atoms with E-state index in [2.05, 4.69) is 193 Å². The van der Waals surface area contributed by atoms with E-state index in [-0.39, 0.29) is 0 Å². The predicted octanol–water partition coefficient (Wildman–Crippen LogP) is 13.8. The van der Waals surface area contributed by atoms with Crippen LogP contribution in [0.25, 0.3) is 77.0 Å². The molecule has 10 rings (SSSR count). The van der Waals surface area contributed by atoms with Crippen LogP contribution in [0.2, 0.25) is 0 Å². The molecule has 0 saturated heterocycles. The van der Waals surface area contributed by atoms with Crippen molar-refractivity contribution in [1.29, 1.82) is 0 Å². The number of fused-ring (bicyclic) bond motifs is 5. The van der Waals surface area contributed by atoms with Gasteiger partial charge >= 0.3 is 0 Å². The Kier molecular flexibility index (Phi) is 7.14. The fraction of sp³-hybridized carbons (Fsp3) is 0. The van der Waals surface area contributed by atoms with E-state index in [1.165, 1.54) is 21.9 Å². The van der Waals surface area contributed by atoms with E-state index in [4.69, 9.17) is 9.40 Å². The standard InChI is InChI=1S/C49H32N2O/c1-3-13-33(14-4-1)36-21-11-22-40(29-36)51(46-27-28-50-49-48(46)44-31-37-18-7-8-19-38(37)32-47(44)52-49)45-26-25-39(34-15-5-2-6-16-34)30-43(45)42-24-12-20-35-17-9-10-23-41(35)42/h1-32H. The van der Waals surface area contributed by atoms with E-state index >= 15 is 0 Å². The molecule has 8 aromatic carbocycles.